The van der Waals surface area contributed by atoms with Crippen molar-refractivity contribution in [1.29, 1.82) is 0 Å². The molecule has 0 bridgehead atoms. The van der Waals surface area contributed by atoms with Gasteiger partial charge in [-0.15, -0.1) is 0 Å². The lowest BCUT2D eigenvalue weighted by Crippen LogP contribution is -2.33. The third kappa shape index (κ3) is 2.59. The normalized spacial score (nSPS) is 19.0. The maximum atomic E-state index is 12.7. The number of amides is 1. The summed E-state index contributed by atoms with van der Waals surface area (Å²) in [6.07, 6.45) is 3.70. The molecule has 0 aliphatic carbocycles. The number of rotatable bonds is 3. The fraction of sp³-hybridized carbons (Fsp3) is 0.421. The third-order valence-electron chi connectivity index (χ3n) is 5.16. The van der Waals surface area contributed by atoms with Gasteiger partial charge in [-0.1, -0.05) is 0 Å². The number of aryl methyl sites for hydroxylation is 1. The van der Waals surface area contributed by atoms with E-state index in [1.54, 1.807) is 18.3 Å². The molecule has 0 spiro atoms. The van der Waals surface area contributed by atoms with Crippen LogP contribution < -0.4 is 15.1 Å². The van der Waals surface area contributed by atoms with Crippen LogP contribution in [0.5, 0.6) is 0 Å². The Bertz CT molecular complexity index is 854. The predicted octanol–water partition coefficient (Wildman–Crippen LogP) is 2.47. The number of fused-ring (bicyclic) bond motifs is 2. The van der Waals surface area contributed by atoms with E-state index in [1.807, 2.05) is 24.8 Å². The molecule has 136 valence electrons. The lowest BCUT2D eigenvalue weighted by Gasteiger charge is -2.28. The van der Waals surface area contributed by atoms with E-state index >= 15 is 0 Å². The van der Waals surface area contributed by atoms with Crippen molar-refractivity contribution in [3.8, 4) is 0 Å². The Kier molecular flexibility index (Phi) is 4.24. The lowest BCUT2D eigenvalue weighted by molar-refractivity contribution is 0.102. The van der Waals surface area contributed by atoms with Crippen molar-refractivity contribution in [1.82, 2.24) is 9.97 Å². The van der Waals surface area contributed by atoms with Crippen molar-refractivity contribution in [2.75, 3.05) is 34.8 Å². The Morgan fingerprint density at radius 2 is 2.23 bits per heavy atom. The number of pyridine rings is 2. The van der Waals surface area contributed by atoms with Gasteiger partial charge in [0.25, 0.3) is 5.91 Å². The monoisotopic (exact) mass is 353 g/mol. The number of aliphatic hydroxyl groups excluding tert-OH is 1. The molecule has 2 aromatic heterocycles. The molecule has 2 N–H and O–H groups in total. The Balaban J connectivity index is 1.87. The van der Waals surface area contributed by atoms with Crippen molar-refractivity contribution in [3.63, 3.8) is 0 Å². The van der Waals surface area contributed by atoms with E-state index in [0.717, 1.165) is 36.5 Å². The van der Waals surface area contributed by atoms with Crippen LogP contribution in [-0.2, 0) is 0 Å². The number of carbonyl (C=O) groups excluding carboxylic acids is 1. The van der Waals surface area contributed by atoms with Gasteiger partial charge in [-0.2, -0.15) is 0 Å². The number of hydrogen-bond acceptors (Lipinski definition) is 6. The summed E-state index contributed by atoms with van der Waals surface area (Å²) in [6.45, 7) is 5.64. The fourth-order valence-electron chi connectivity index (χ4n) is 3.83. The molecule has 7 heteroatoms. The van der Waals surface area contributed by atoms with Crippen molar-refractivity contribution in [2.45, 2.75) is 32.7 Å². The van der Waals surface area contributed by atoms with Crippen LogP contribution in [0.3, 0.4) is 0 Å². The molecular formula is C19H23N5O2. The van der Waals surface area contributed by atoms with Gasteiger partial charge in [-0.3, -0.25) is 4.79 Å². The van der Waals surface area contributed by atoms with Crippen LogP contribution in [0.15, 0.2) is 24.4 Å². The highest BCUT2D eigenvalue weighted by molar-refractivity contribution is 6.11. The van der Waals surface area contributed by atoms with Crippen LogP contribution in [0.25, 0.3) is 0 Å². The summed E-state index contributed by atoms with van der Waals surface area (Å²) in [5.74, 6) is 1.99. The van der Waals surface area contributed by atoms with Crippen LogP contribution >= 0.6 is 0 Å². The smallest absolute Gasteiger partial charge is 0.259 e. The molecular weight excluding hydrogens is 330 g/mol. The van der Waals surface area contributed by atoms with E-state index in [9.17, 15) is 9.90 Å². The molecule has 1 amide bonds. The van der Waals surface area contributed by atoms with Crippen LogP contribution in [0.2, 0.25) is 0 Å². The van der Waals surface area contributed by atoms with Crippen molar-refractivity contribution in [2.24, 2.45) is 0 Å². The van der Waals surface area contributed by atoms with E-state index in [1.165, 1.54) is 0 Å². The van der Waals surface area contributed by atoms with Gasteiger partial charge in [0.1, 0.15) is 11.6 Å². The van der Waals surface area contributed by atoms with E-state index in [4.69, 9.17) is 4.98 Å². The lowest BCUT2D eigenvalue weighted by atomic mass is 10.2. The molecule has 0 aromatic carbocycles. The number of aliphatic hydroxyl groups is 1. The van der Waals surface area contributed by atoms with E-state index in [2.05, 4.69) is 15.2 Å². The van der Waals surface area contributed by atoms with Gasteiger partial charge in [0, 0.05) is 19.3 Å². The van der Waals surface area contributed by atoms with Gasteiger partial charge in [-0.25, -0.2) is 9.97 Å². The molecule has 4 rings (SSSR count). The minimum absolute atomic E-state index is 0.0980. The molecule has 7 nitrogen and oxygen atoms in total. The molecule has 1 fully saturated rings. The zero-order valence-corrected chi connectivity index (χ0v) is 15.1. The molecule has 1 atom stereocenters. The maximum Gasteiger partial charge on any atom is 0.259 e. The van der Waals surface area contributed by atoms with Crippen molar-refractivity contribution in [3.05, 3.63) is 35.5 Å². The van der Waals surface area contributed by atoms with Crippen molar-refractivity contribution < 1.29 is 9.90 Å². The molecule has 4 heterocycles. The van der Waals surface area contributed by atoms with E-state index in [0.29, 0.717) is 23.7 Å². The Hall–Kier alpha value is -2.67. The van der Waals surface area contributed by atoms with Gasteiger partial charge in [-0.05, 0) is 50.5 Å². The first-order chi connectivity index (χ1) is 12.6. The summed E-state index contributed by atoms with van der Waals surface area (Å²) in [5.41, 5.74) is 2.22. The molecule has 0 radical (unpaired) electrons. The van der Waals surface area contributed by atoms with Gasteiger partial charge < -0.3 is 20.2 Å². The molecule has 2 aliphatic heterocycles. The highest BCUT2D eigenvalue weighted by atomic mass is 16.3. The first kappa shape index (κ1) is 16.8. The summed E-state index contributed by atoms with van der Waals surface area (Å²) in [7, 11) is 0. The number of carbonyl (C=O) groups is 1. The average Bonchev–Trinajstić information content (AvgIpc) is 3.09. The van der Waals surface area contributed by atoms with E-state index < -0.39 is 0 Å². The molecule has 2 aromatic rings. The molecule has 0 saturated carbocycles. The average molecular weight is 353 g/mol. The summed E-state index contributed by atoms with van der Waals surface area (Å²) in [6, 6.07) is 5.64. The highest BCUT2D eigenvalue weighted by Crippen LogP contribution is 2.39. The number of hydrogen-bond donors (Lipinski definition) is 2. The van der Waals surface area contributed by atoms with Crippen LogP contribution in [-0.4, -0.2) is 46.7 Å². The SMILES string of the molecule is CCN1c2ncccc2C(=O)Nc2c(C)cc(N3CCC[C@@H]3CO)nc21. The quantitative estimate of drug-likeness (QED) is 0.882. The van der Waals surface area contributed by atoms with E-state index in [-0.39, 0.29) is 18.6 Å². The Morgan fingerprint density at radius 3 is 3.00 bits per heavy atom. The Labute approximate surface area is 152 Å². The zero-order chi connectivity index (χ0) is 18.3. The molecule has 1 saturated heterocycles. The van der Waals surface area contributed by atoms with Crippen LogP contribution in [0, 0.1) is 6.92 Å². The van der Waals surface area contributed by atoms with Gasteiger partial charge in [0.2, 0.25) is 0 Å². The minimum Gasteiger partial charge on any atom is -0.394 e. The fourth-order valence-corrected chi connectivity index (χ4v) is 3.83. The van der Waals surface area contributed by atoms with Crippen LogP contribution in [0.4, 0.5) is 23.1 Å². The van der Waals surface area contributed by atoms with Crippen molar-refractivity contribution >= 4 is 29.0 Å². The highest BCUT2D eigenvalue weighted by Gasteiger charge is 2.31. The number of nitrogens with one attached hydrogen (secondary N) is 1. The third-order valence-corrected chi connectivity index (χ3v) is 5.16. The molecule has 0 unspecified atom stereocenters. The predicted molar refractivity (Wildman–Crippen MR) is 101 cm³/mol. The summed E-state index contributed by atoms with van der Waals surface area (Å²) in [5, 5.41) is 12.7. The van der Waals surface area contributed by atoms with Gasteiger partial charge in [0.15, 0.2) is 5.82 Å². The summed E-state index contributed by atoms with van der Waals surface area (Å²) >= 11 is 0. The number of nitrogens with zero attached hydrogens (tertiary/aromatic N) is 4. The standard InChI is InChI=1S/C19H23N5O2/c1-3-23-17-14(7-4-8-20-17)19(26)22-16-12(2)10-15(21-18(16)23)24-9-5-6-13(24)11-25/h4,7-8,10,13,25H,3,5-6,9,11H2,1-2H3,(H,22,26)/t13-/m1/s1. The first-order valence-electron chi connectivity index (χ1n) is 9.07. The molecule has 2 aliphatic rings. The first-order valence-corrected chi connectivity index (χ1v) is 9.07. The topological polar surface area (TPSA) is 81.6 Å². The number of anilines is 4. The maximum absolute atomic E-state index is 12.7. The second kappa shape index (κ2) is 6.57. The summed E-state index contributed by atoms with van der Waals surface area (Å²) in [4.78, 5) is 26.1. The summed E-state index contributed by atoms with van der Waals surface area (Å²) < 4.78 is 0. The van der Waals surface area contributed by atoms with Gasteiger partial charge >= 0.3 is 0 Å². The second-order valence-electron chi connectivity index (χ2n) is 6.74. The van der Waals surface area contributed by atoms with Crippen LogP contribution in [0.1, 0.15) is 35.7 Å². The zero-order valence-electron chi connectivity index (χ0n) is 15.1. The molecule has 26 heavy (non-hydrogen) atoms. The Morgan fingerprint density at radius 1 is 1.38 bits per heavy atom. The second-order valence-corrected chi connectivity index (χ2v) is 6.74. The minimum atomic E-state index is -0.169. The largest absolute Gasteiger partial charge is 0.394 e. The van der Waals surface area contributed by atoms with Gasteiger partial charge in [0.05, 0.1) is 23.9 Å². The number of aromatic nitrogens is 2.